The highest BCUT2D eigenvalue weighted by Gasteiger charge is 2.16. The third-order valence-corrected chi connectivity index (χ3v) is 5.02. The average Bonchev–Trinajstić information content (AvgIpc) is 2.75. The first-order valence-corrected chi connectivity index (χ1v) is 8.56. The molecule has 1 unspecified atom stereocenters. The van der Waals surface area contributed by atoms with Gasteiger partial charge in [0.05, 0.1) is 6.04 Å². The van der Waals surface area contributed by atoms with Gasteiger partial charge in [0, 0.05) is 22.2 Å². The van der Waals surface area contributed by atoms with Crippen LogP contribution in [0.15, 0.2) is 35.4 Å². The predicted molar refractivity (Wildman–Crippen MR) is 78.4 cm³/mol. The molecule has 2 heterocycles. The van der Waals surface area contributed by atoms with E-state index >= 15 is 0 Å². The number of pyridine rings is 1. The summed E-state index contributed by atoms with van der Waals surface area (Å²) in [5, 5.41) is 3.17. The lowest BCUT2D eigenvalue weighted by Crippen LogP contribution is -2.10. The van der Waals surface area contributed by atoms with Crippen LogP contribution in [-0.4, -0.2) is 19.7 Å². The highest BCUT2D eigenvalue weighted by atomic mass is 32.2. The summed E-state index contributed by atoms with van der Waals surface area (Å²) in [5.41, 5.74) is 0. The van der Waals surface area contributed by atoms with Gasteiger partial charge in [-0.2, -0.15) is 0 Å². The van der Waals surface area contributed by atoms with E-state index in [4.69, 9.17) is 0 Å². The minimum Gasteiger partial charge on any atom is -0.362 e. The number of hydrogen-bond donors (Lipinski definition) is 1. The van der Waals surface area contributed by atoms with Gasteiger partial charge in [-0.1, -0.05) is 0 Å². The van der Waals surface area contributed by atoms with Crippen LogP contribution in [0.1, 0.15) is 22.7 Å². The Morgan fingerprint density at radius 2 is 2.05 bits per heavy atom. The first kappa shape index (κ1) is 14.0. The molecular weight excluding hydrogens is 280 g/mol. The van der Waals surface area contributed by atoms with Gasteiger partial charge in [-0.15, -0.1) is 11.3 Å². The Kier molecular flexibility index (Phi) is 3.91. The second-order valence-electron chi connectivity index (χ2n) is 4.44. The smallest absolute Gasteiger partial charge is 0.179 e. The summed E-state index contributed by atoms with van der Waals surface area (Å²) < 4.78 is 23.4. The number of nitrogens with one attached hydrogen (secondary N) is 1. The molecule has 0 aliphatic rings. The number of rotatable bonds is 4. The largest absolute Gasteiger partial charge is 0.362 e. The number of hydrogen-bond acceptors (Lipinski definition) is 5. The molecule has 19 heavy (non-hydrogen) atoms. The number of nitrogens with zero attached hydrogens (tertiary/aromatic N) is 1. The summed E-state index contributed by atoms with van der Waals surface area (Å²) in [6.45, 7) is 4.04. The highest BCUT2D eigenvalue weighted by molar-refractivity contribution is 7.90. The van der Waals surface area contributed by atoms with E-state index < -0.39 is 9.84 Å². The molecule has 4 nitrogen and oxygen atoms in total. The molecule has 0 aliphatic heterocycles. The van der Waals surface area contributed by atoms with Crippen molar-refractivity contribution in [3.05, 3.63) is 40.2 Å². The van der Waals surface area contributed by atoms with Gasteiger partial charge in [-0.05, 0) is 38.1 Å². The fourth-order valence-corrected chi connectivity index (χ4v) is 3.43. The zero-order valence-corrected chi connectivity index (χ0v) is 12.7. The van der Waals surface area contributed by atoms with E-state index in [0.717, 1.165) is 4.88 Å². The molecule has 0 aliphatic carbocycles. The van der Waals surface area contributed by atoms with E-state index in [1.54, 1.807) is 29.7 Å². The molecule has 0 radical (unpaired) electrons. The van der Waals surface area contributed by atoms with Crippen LogP contribution in [-0.2, 0) is 9.84 Å². The van der Waals surface area contributed by atoms with Crippen molar-refractivity contribution in [1.29, 1.82) is 0 Å². The lowest BCUT2D eigenvalue weighted by molar-refractivity contribution is 0.601. The quantitative estimate of drug-likeness (QED) is 0.942. The molecule has 0 fully saturated rings. The van der Waals surface area contributed by atoms with Gasteiger partial charge in [0.25, 0.3) is 0 Å². The number of thiophene rings is 1. The van der Waals surface area contributed by atoms with Crippen molar-refractivity contribution in [1.82, 2.24) is 4.98 Å². The van der Waals surface area contributed by atoms with Crippen LogP contribution < -0.4 is 5.32 Å². The van der Waals surface area contributed by atoms with Gasteiger partial charge in [0.1, 0.15) is 10.7 Å². The zero-order chi connectivity index (χ0) is 14.0. The van der Waals surface area contributed by atoms with Gasteiger partial charge in [0.15, 0.2) is 9.84 Å². The van der Waals surface area contributed by atoms with E-state index in [-0.39, 0.29) is 10.9 Å². The topological polar surface area (TPSA) is 59.1 Å². The van der Waals surface area contributed by atoms with E-state index in [2.05, 4.69) is 10.3 Å². The van der Waals surface area contributed by atoms with Gasteiger partial charge in [-0.25, -0.2) is 13.4 Å². The Balaban J connectivity index is 2.29. The first-order valence-electron chi connectivity index (χ1n) is 5.86. The maximum Gasteiger partial charge on any atom is 0.179 e. The van der Waals surface area contributed by atoms with Crippen LogP contribution in [0.4, 0.5) is 5.82 Å². The fourth-order valence-electron chi connectivity index (χ4n) is 1.76. The molecule has 1 N–H and O–H groups in total. The van der Waals surface area contributed by atoms with Crippen molar-refractivity contribution < 1.29 is 8.42 Å². The van der Waals surface area contributed by atoms with E-state index in [0.29, 0.717) is 5.82 Å². The standard InChI is InChI=1S/C13H16N2O2S2/c1-9-6-7-11(18-9)10(2)15-13-12(19(3,16)17)5-4-8-14-13/h4-8,10H,1-3H3,(H,14,15). The second-order valence-corrected chi connectivity index (χ2v) is 7.74. The molecule has 2 aromatic heterocycles. The minimum absolute atomic E-state index is 0.0223. The molecule has 2 rings (SSSR count). The molecule has 1 atom stereocenters. The molecule has 2 aromatic rings. The summed E-state index contributed by atoms with van der Waals surface area (Å²) in [7, 11) is -3.28. The molecule has 0 saturated carbocycles. The Morgan fingerprint density at radius 3 is 2.63 bits per heavy atom. The van der Waals surface area contributed by atoms with Gasteiger partial charge in [0.2, 0.25) is 0 Å². The molecule has 102 valence electrons. The van der Waals surface area contributed by atoms with Crippen molar-refractivity contribution in [2.24, 2.45) is 0 Å². The third kappa shape index (κ3) is 3.33. The summed E-state index contributed by atoms with van der Waals surface area (Å²) in [5.74, 6) is 0.406. The average molecular weight is 296 g/mol. The van der Waals surface area contributed by atoms with Crippen LogP contribution in [0.2, 0.25) is 0 Å². The van der Waals surface area contributed by atoms with Crippen LogP contribution in [0.3, 0.4) is 0 Å². The Hall–Kier alpha value is -1.40. The van der Waals surface area contributed by atoms with Crippen molar-refractivity contribution in [2.75, 3.05) is 11.6 Å². The molecule has 6 heteroatoms. The normalized spacial score (nSPS) is 13.2. The number of sulfone groups is 1. The van der Waals surface area contributed by atoms with Gasteiger partial charge >= 0.3 is 0 Å². The number of aryl methyl sites for hydroxylation is 1. The maximum absolute atomic E-state index is 11.7. The Labute approximate surface area is 117 Å². The van der Waals surface area contributed by atoms with Gasteiger partial charge in [-0.3, -0.25) is 0 Å². The molecule has 0 saturated heterocycles. The third-order valence-electron chi connectivity index (χ3n) is 2.71. The van der Waals surface area contributed by atoms with Crippen molar-refractivity contribution in [3.8, 4) is 0 Å². The van der Waals surface area contributed by atoms with Gasteiger partial charge < -0.3 is 5.32 Å². The summed E-state index contributed by atoms with van der Waals surface area (Å²) in [4.78, 5) is 6.75. The van der Waals surface area contributed by atoms with Crippen LogP contribution >= 0.6 is 11.3 Å². The molecule has 0 bridgehead atoms. The van der Waals surface area contributed by atoms with Crippen molar-refractivity contribution >= 4 is 27.0 Å². The SMILES string of the molecule is Cc1ccc(C(C)Nc2ncccc2S(C)(=O)=O)s1. The first-order chi connectivity index (χ1) is 8.88. The van der Waals surface area contributed by atoms with Crippen LogP contribution in [0.5, 0.6) is 0 Å². The van der Waals surface area contributed by atoms with E-state index in [1.165, 1.54) is 11.1 Å². The molecule has 0 spiro atoms. The summed E-state index contributed by atoms with van der Waals surface area (Å²) in [6.07, 6.45) is 2.78. The lowest BCUT2D eigenvalue weighted by atomic mass is 10.2. The van der Waals surface area contributed by atoms with Crippen LogP contribution in [0, 0.1) is 6.92 Å². The molecule has 0 aromatic carbocycles. The molecular formula is C13H16N2O2S2. The Morgan fingerprint density at radius 1 is 1.32 bits per heavy atom. The van der Waals surface area contributed by atoms with Crippen molar-refractivity contribution in [2.45, 2.75) is 24.8 Å². The minimum atomic E-state index is -3.28. The van der Waals surface area contributed by atoms with E-state index in [9.17, 15) is 8.42 Å². The van der Waals surface area contributed by atoms with E-state index in [1.807, 2.05) is 26.0 Å². The monoisotopic (exact) mass is 296 g/mol. The fraction of sp³-hybridized carbons (Fsp3) is 0.308. The summed E-state index contributed by atoms with van der Waals surface area (Å²) >= 11 is 1.69. The van der Waals surface area contributed by atoms with Crippen molar-refractivity contribution in [3.63, 3.8) is 0 Å². The number of anilines is 1. The Bertz CT molecular complexity index is 677. The number of aromatic nitrogens is 1. The lowest BCUT2D eigenvalue weighted by Gasteiger charge is -2.15. The maximum atomic E-state index is 11.7. The van der Waals surface area contributed by atoms with Crippen LogP contribution in [0.25, 0.3) is 0 Å². The summed E-state index contributed by atoms with van der Waals surface area (Å²) in [6, 6.07) is 7.31. The molecule has 0 amide bonds. The zero-order valence-electron chi connectivity index (χ0n) is 11.0. The predicted octanol–water partition coefficient (Wildman–Crippen LogP) is 3.03. The highest BCUT2D eigenvalue weighted by Crippen LogP contribution is 2.27. The second kappa shape index (κ2) is 5.30.